The average Bonchev–Trinajstić information content (AvgIpc) is 2.52. The van der Waals surface area contributed by atoms with Crippen molar-refractivity contribution < 1.29 is 0 Å². The summed E-state index contributed by atoms with van der Waals surface area (Å²) in [5.74, 6) is 0. The molecule has 0 spiro atoms. The maximum absolute atomic E-state index is 9.10. The van der Waals surface area contributed by atoms with Crippen molar-refractivity contribution in [1.29, 1.82) is 5.26 Å². The first-order valence-electron chi connectivity index (χ1n) is 5.06. The normalized spacial score (nSPS) is 10.6. The number of nitrogens with zero attached hydrogens (tertiary/aromatic N) is 2. The number of halogens is 2. The van der Waals surface area contributed by atoms with Crippen LogP contribution in [-0.4, -0.2) is 4.57 Å². The van der Waals surface area contributed by atoms with E-state index in [1.54, 1.807) is 6.07 Å². The molecule has 0 aliphatic carbocycles. The molecule has 2 rings (SSSR count). The Balaban J connectivity index is 2.82. The Morgan fingerprint density at radius 1 is 1.38 bits per heavy atom. The van der Waals surface area contributed by atoms with Crippen LogP contribution in [0.25, 0.3) is 10.9 Å². The number of aryl methyl sites for hydroxylation is 1. The van der Waals surface area contributed by atoms with Gasteiger partial charge in [0.05, 0.1) is 11.1 Å². The number of hydrogen-bond acceptors (Lipinski definition) is 1. The Labute approximate surface area is 104 Å². The number of hydrogen-bond donors (Lipinski definition) is 0. The molecule has 1 heterocycles. The lowest BCUT2D eigenvalue weighted by Gasteiger charge is -2.04. The molecule has 0 N–H and O–H groups in total. The molecule has 0 aliphatic rings. The first-order valence-corrected chi connectivity index (χ1v) is 5.82. The number of fused-ring (bicyclic) bond motifs is 1. The van der Waals surface area contributed by atoms with Crippen molar-refractivity contribution in [1.82, 2.24) is 4.57 Å². The minimum Gasteiger partial charge on any atom is -0.330 e. The molecule has 1 aromatic heterocycles. The molecular formula is C12H10Cl2N2. The third kappa shape index (κ3) is 1.67. The second-order valence-electron chi connectivity index (χ2n) is 3.59. The molecule has 2 aromatic rings. The van der Waals surface area contributed by atoms with E-state index in [2.05, 4.69) is 13.0 Å². The zero-order valence-corrected chi connectivity index (χ0v) is 10.3. The molecule has 0 bridgehead atoms. The van der Waals surface area contributed by atoms with Gasteiger partial charge in [-0.25, -0.2) is 0 Å². The lowest BCUT2D eigenvalue weighted by molar-refractivity contribution is 0.704. The lowest BCUT2D eigenvalue weighted by Crippen LogP contribution is -1.95. The molecule has 0 atom stereocenters. The van der Waals surface area contributed by atoms with Gasteiger partial charge in [0.15, 0.2) is 0 Å². The van der Waals surface area contributed by atoms with Gasteiger partial charge in [0.1, 0.15) is 11.2 Å². The van der Waals surface area contributed by atoms with E-state index in [4.69, 9.17) is 28.5 Å². The summed E-state index contributed by atoms with van der Waals surface area (Å²) >= 11 is 12.1. The molecule has 0 fully saturated rings. The Kier molecular flexibility index (Phi) is 3.09. The number of aromatic nitrogens is 1. The molecule has 4 heteroatoms. The zero-order chi connectivity index (χ0) is 11.7. The highest BCUT2D eigenvalue weighted by molar-refractivity contribution is 6.33. The largest absolute Gasteiger partial charge is 0.330 e. The van der Waals surface area contributed by atoms with Gasteiger partial charge in [-0.3, -0.25) is 0 Å². The lowest BCUT2D eigenvalue weighted by atomic mass is 10.2. The predicted octanol–water partition coefficient (Wildman–Crippen LogP) is 4.23. The molecule has 1 aromatic carbocycles. The second-order valence-corrected chi connectivity index (χ2v) is 4.39. The number of nitriles is 1. The van der Waals surface area contributed by atoms with E-state index in [9.17, 15) is 0 Å². The van der Waals surface area contributed by atoms with Crippen LogP contribution >= 0.6 is 23.2 Å². The van der Waals surface area contributed by atoms with Crippen LogP contribution in [0.5, 0.6) is 0 Å². The fourth-order valence-corrected chi connectivity index (χ4v) is 2.34. The van der Waals surface area contributed by atoms with Gasteiger partial charge in [-0.1, -0.05) is 30.1 Å². The van der Waals surface area contributed by atoms with Gasteiger partial charge in [0.2, 0.25) is 0 Å². The fraction of sp³-hybridized carbons (Fsp3) is 0.250. The van der Waals surface area contributed by atoms with E-state index in [1.165, 1.54) is 0 Å². The highest BCUT2D eigenvalue weighted by Gasteiger charge is 2.14. The number of rotatable bonds is 2. The maximum atomic E-state index is 9.10. The molecule has 0 saturated carbocycles. The van der Waals surface area contributed by atoms with Crippen molar-refractivity contribution in [2.24, 2.45) is 0 Å². The van der Waals surface area contributed by atoms with Gasteiger partial charge < -0.3 is 4.57 Å². The van der Waals surface area contributed by atoms with Crippen LogP contribution in [0.4, 0.5) is 0 Å². The van der Waals surface area contributed by atoms with Gasteiger partial charge >= 0.3 is 0 Å². The van der Waals surface area contributed by atoms with Crippen molar-refractivity contribution in [3.63, 3.8) is 0 Å². The highest BCUT2D eigenvalue weighted by Crippen LogP contribution is 2.31. The summed E-state index contributed by atoms with van der Waals surface area (Å²) in [7, 11) is 0. The van der Waals surface area contributed by atoms with E-state index in [1.807, 2.05) is 16.7 Å². The Hall–Kier alpha value is -1.17. The third-order valence-corrected chi connectivity index (χ3v) is 3.15. The molecule has 0 amide bonds. The van der Waals surface area contributed by atoms with Gasteiger partial charge in [0.25, 0.3) is 0 Å². The van der Waals surface area contributed by atoms with Crippen LogP contribution in [0.1, 0.15) is 18.9 Å². The fourth-order valence-electron chi connectivity index (χ4n) is 1.84. The average molecular weight is 253 g/mol. The van der Waals surface area contributed by atoms with Crippen molar-refractivity contribution in [2.75, 3.05) is 0 Å². The van der Waals surface area contributed by atoms with Crippen LogP contribution < -0.4 is 0 Å². The minimum absolute atomic E-state index is 0.501. The molecule has 16 heavy (non-hydrogen) atoms. The second kappa shape index (κ2) is 4.37. The van der Waals surface area contributed by atoms with E-state index >= 15 is 0 Å². The summed E-state index contributed by atoms with van der Waals surface area (Å²) in [5.41, 5.74) is 1.47. The topological polar surface area (TPSA) is 28.7 Å². The Bertz CT molecular complexity index is 579. The standard InChI is InChI=1S/C12H10Cl2N2/c1-2-5-16-11-4-3-8(13)6-9(11)10(7-15)12(16)14/h3-4,6H,2,5H2,1H3. The van der Waals surface area contributed by atoms with Crippen LogP contribution in [0.15, 0.2) is 18.2 Å². The molecule has 0 unspecified atom stereocenters. The summed E-state index contributed by atoms with van der Waals surface area (Å²) in [4.78, 5) is 0. The van der Waals surface area contributed by atoms with Crippen LogP contribution in [0.3, 0.4) is 0 Å². The molecular weight excluding hydrogens is 243 g/mol. The van der Waals surface area contributed by atoms with E-state index in [0.717, 1.165) is 23.9 Å². The van der Waals surface area contributed by atoms with Gasteiger partial charge in [-0.2, -0.15) is 5.26 Å². The quantitative estimate of drug-likeness (QED) is 0.787. The summed E-state index contributed by atoms with van der Waals surface area (Å²) in [6.07, 6.45) is 0.969. The Morgan fingerprint density at radius 2 is 2.12 bits per heavy atom. The van der Waals surface area contributed by atoms with Crippen LogP contribution in [-0.2, 0) is 6.54 Å². The molecule has 0 radical (unpaired) electrons. The number of benzene rings is 1. The summed E-state index contributed by atoms with van der Waals surface area (Å²) in [6.45, 7) is 2.88. The molecule has 82 valence electrons. The van der Waals surface area contributed by atoms with E-state index < -0.39 is 0 Å². The van der Waals surface area contributed by atoms with E-state index in [-0.39, 0.29) is 0 Å². The highest BCUT2D eigenvalue weighted by atomic mass is 35.5. The molecule has 0 saturated heterocycles. The van der Waals surface area contributed by atoms with Crippen molar-refractivity contribution in [2.45, 2.75) is 19.9 Å². The molecule has 2 nitrogen and oxygen atoms in total. The summed E-state index contributed by atoms with van der Waals surface area (Å²) < 4.78 is 1.95. The first kappa shape index (κ1) is 11.3. The summed E-state index contributed by atoms with van der Waals surface area (Å²) in [6, 6.07) is 7.63. The SMILES string of the molecule is CCCn1c(Cl)c(C#N)c2cc(Cl)ccc21. The van der Waals surface area contributed by atoms with Gasteiger partial charge in [-0.05, 0) is 24.6 Å². The summed E-state index contributed by atoms with van der Waals surface area (Å²) in [5, 5.41) is 11.0. The van der Waals surface area contributed by atoms with Crippen molar-refractivity contribution in [3.8, 4) is 6.07 Å². The van der Waals surface area contributed by atoms with Crippen LogP contribution in [0, 0.1) is 11.3 Å². The Morgan fingerprint density at radius 3 is 2.75 bits per heavy atom. The van der Waals surface area contributed by atoms with Crippen LogP contribution in [0.2, 0.25) is 10.2 Å². The third-order valence-electron chi connectivity index (χ3n) is 2.52. The minimum atomic E-state index is 0.501. The van der Waals surface area contributed by atoms with Gasteiger partial charge in [-0.15, -0.1) is 0 Å². The maximum Gasteiger partial charge on any atom is 0.128 e. The smallest absolute Gasteiger partial charge is 0.128 e. The predicted molar refractivity (Wildman–Crippen MR) is 67.0 cm³/mol. The first-order chi connectivity index (χ1) is 7.69. The monoisotopic (exact) mass is 252 g/mol. The molecule has 0 aliphatic heterocycles. The van der Waals surface area contributed by atoms with E-state index in [0.29, 0.717) is 15.7 Å². The zero-order valence-electron chi connectivity index (χ0n) is 8.80. The van der Waals surface area contributed by atoms with Crippen molar-refractivity contribution >= 4 is 34.1 Å². The van der Waals surface area contributed by atoms with Gasteiger partial charge in [0, 0.05) is 17.0 Å². The van der Waals surface area contributed by atoms with Crippen molar-refractivity contribution in [3.05, 3.63) is 33.9 Å².